The zero-order chi connectivity index (χ0) is 11.6. The van der Waals surface area contributed by atoms with Crippen molar-refractivity contribution in [3.63, 3.8) is 0 Å². The molecule has 3 nitrogen and oxygen atoms in total. The molecule has 0 aromatic heterocycles. The Morgan fingerprint density at radius 1 is 1.47 bits per heavy atom. The maximum absolute atomic E-state index is 12.0. The Kier molecular flexibility index (Phi) is 3.78. The van der Waals surface area contributed by atoms with Gasteiger partial charge in [-0.25, -0.2) is 8.42 Å². The van der Waals surface area contributed by atoms with Crippen molar-refractivity contribution in [2.45, 2.75) is 30.4 Å². The molecule has 84 valence electrons. The van der Waals surface area contributed by atoms with E-state index in [1.165, 1.54) is 0 Å². The zero-order valence-electron chi connectivity index (χ0n) is 8.70. The van der Waals surface area contributed by atoms with E-state index in [1.54, 1.807) is 25.1 Å². The molecule has 0 radical (unpaired) electrons. The van der Waals surface area contributed by atoms with E-state index in [0.717, 1.165) is 4.47 Å². The van der Waals surface area contributed by atoms with Crippen molar-refractivity contribution in [1.29, 1.82) is 0 Å². The van der Waals surface area contributed by atoms with Gasteiger partial charge < -0.3 is 5.73 Å². The minimum atomic E-state index is -3.30. The van der Waals surface area contributed by atoms with Crippen LogP contribution < -0.4 is 5.73 Å². The minimum Gasteiger partial charge on any atom is -0.398 e. The number of hydrogen-bond acceptors (Lipinski definition) is 3. The van der Waals surface area contributed by atoms with E-state index >= 15 is 0 Å². The number of nitrogen functional groups attached to an aromatic ring is 1. The Morgan fingerprint density at radius 3 is 2.60 bits per heavy atom. The highest BCUT2D eigenvalue weighted by Gasteiger charge is 2.24. The van der Waals surface area contributed by atoms with Gasteiger partial charge in [0.1, 0.15) is 0 Å². The van der Waals surface area contributed by atoms with Crippen LogP contribution in [0.1, 0.15) is 20.3 Å². The third kappa shape index (κ3) is 2.52. The summed E-state index contributed by atoms with van der Waals surface area (Å²) in [7, 11) is -3.30. The van der Waals surface area contributed by atoms with Gasteiger partial charge in [-0.05, 0) is 31.5 Å². The lowest BCUT2D eigenvalue weighted by Crippen LogP contribution is -2.18. The molecule has 1 rings (SSSR count). The normalized spacial score (nSPS) is 13.8. The molecule has 15 heavy (non-hydrogen) atoms. The lowest BCUT2D eigenvalue weighted by Gasteiger charge is -2.12. The first-order valence-corrected chi connectivity index (χ1v) is 7.02. The average Bonchev–Trinajstić information content (AvgIpc) is 2.20. The van der Waals surface area contributed by atoms with Gasteiger partial charge in [-0.1, -0.05) is 22.9 Å². The number of hydrogen-bond donors (Lipinski definition) is 1. The van der Waals surface area contributed by atoms with Gasteiger partial charge in [0.25, 0.3) is 0 Å². The van der Waals surface area contributed by atoms with Crippen LogP contribution in [0, 0.1) is 0 Å². The Morgan fingerprint density at radius 2 is 2.07 bits per heavy atom. The second-order valence-corrected chi connectivity index (χ2v) is 6.70. The number of nitrogens with two attached hydrogens (primary N) is 1. The highest BCUT2D eigenvalue weighted by molar-refractivity contribution is 9.10. The quantitative estimate of drug-likeness (QED) is 0.871. The predicted molar refractivity (Wildman–Crippen MR) is 65.5 cm³/mol. The van der Waals surface area contributed by atoms with Gasteiger partial charge in [0.05, 0.1) is 15.8 Å². The first kappa shape index (κ1) is 12.5. The molecule has 0 fully saturated rings. The van der Waals surface area contributed by atoms with E-state index in [9.17, 15) is 8.42 Å². The standard InChI is InChI=1S/C10H14BrNO2S/c1-3-7(2)15(13,14)10-6-8(11)4-5-9(10)12/h4-7H,3,12H2,1-2H3. The first-order chi connectivity index (χ1) is 6.89. The number of anilines is 1. The van der Waals surface area contributed by atoms with Crippen molar-refractivity contribution >= 4 is 31.5 Å². The monoisotopic (exact) mass is 291 g/mol. The third-order valence-electron chi connectivity index (χ3n) is 2.39. The molecule has 5 heteroatoms. The fraction of sp³-hybridized carbons (Fsp3) is 0.400. The van der Waals surface area contributed by atoms with Crippen LogP contribution in [0.3, 0.4) is 0 Å². The SMILES string of the molecule is CCC(C)S(=O)(=O)c1cc(Br)ccc1N. The van der Waals surface area contributed by atoms with E-state index < -0.39 is 15.1 Å². The van der Waals surface area contributed by atoms with Crippen LogP contribution in [0.5, 0.6) is 0 Å². The molecular weight excluding hydrogens is 278 g/mol. The van der Waals surface area contributed by atoms with Gasteiger partial charge in [0.15, 0.2) is 9.84 Å². The summed E-state index contributed by atoms with van der Waals surface area (Å²) in [6, 6.07) is 4.88. The molecule has 0 heterocycles. The Hall–Kier alpha value is -0.550. The predicted octanol–water partition coefficient (Wildman–Crippen LogP) is 2.60. The molecule has 2 N–H and O–H groups in total. The highest BCUT2D eigenvalue weighted by Crippen LogP contribution is 2.27. The molecule has 0 amide bonds. The van der Waals surface area contributed by atoms with Gasteiger partial charge in [0, 0.05) is 4.47 Å². The maximum Gasteiger partial charge on any atom is 0.183 e. The van der Waals surface area contributed by atoms with Gasteiger partial charge in [0.2, 0.25) is 0 Å². The molecular formula is C10H14BrNO2S. The summed E-state index contributed by atoms with van der Waals surface area (Å²) >= 11 is 3.24. The molecule has 1 unspecified atom stereocenters. The van der Waals surface area contributed by atoms with E-state index in [1.807, 2.05) is 6.92 Å². The van der Waals surface area contributed by atoms with Crippen molar-refractivity contribution in [2.75, 3.05) is 5.73 Å². The van der Waals surface area contributed by atoms with Crippen LogP contribution in [0.2, 0.25) is 0 Å². The summed E-state index contributed by atoms with van der Waals surface area (Å²) in [6.07, 6.45) is 0.578. The van der Waals surface area contributed by atoms with E-state index in [4.69, 9.17) is 5.73 Å². The molecule has 1 aromatic rings. The van der Waals surface area contributed by atoms with Crippen LogP contribution in [0.25, 0.3) is 0 Å². The molecule has 1 aromatic carbocycles. The van der Waals surface area contributed by atoms with Crippen molar-refractivity contribution < 1.29 is 8.42 Å². The van der Waals surface area contributed by atoms with Gasteiger partial charge >= 0.3 is 0 Å². The number of rotatable bonds is 3. The van der Waals surface area contributed by atoms with Gasteiger partial charge in [-0.2, -0.15) is 0 Å². The van der Waals surface area contributed by atoms with Gasteiger partial charge in [-0.15, -0.1) is 0 Å². The van der Waals surface area contributed by atoms with Crippen LogP contribution >= 0.6 is 15.9 Å². The van der Waals surface area contributed by atoms with Crippen molar-refractivity contribution in [2.24, 2.45) is 0 Å². The number of sulfone groups is 1. The van der Waals surface area contributed by atoms with Crippen LogP contribution in [-0.2, 0) is 9.84 Å². The summed E-state index contributed by atoms with van der Waals surface area (Å²) in [6.45, 7) is 3.53. The molecule has 0 aliphatic rings. The van der Waals surface area contributed by atoms with Gasteiger partial charge in [-0.3, -0.25) is 0 Å². The second kappa shape index (κ2) is 4.53. The first-order valence-electron chi connectivity index (χ1n) is 4.68. The van der Waals surface area contributed by atoms with Crippen LogP contribution in [-0.4, -0.2) is 13.7 Å². The third-order valence-corrected chi connectivity index (χ3v) is 5.24. The topological polar surface area (TPSA) is 60.2 Å². The second-order valence-electron chi connectivity index (χ2n) is 3.45. The summed E-state index contributed by atoms with van der Waals surface area (Å²) < 4.78 is 24.8. The van der Waals surface area contributed by atoms with Crippen molar-refractivity contribution in [1.82, 2.24) is 0 Å². The highest BCUT2D eigenvalue weighted by atomic mass is 79.9. The molecule has 0 saturated carbocycles. The zero-order valence-corrected chi connectivity index (χ0v) is 11.1. The lowest BCUT2D eigenvalue weighted by atomic mass is 10.3. The van der Waals surface area contributed by atoms with Crippen molar-refractivity contribution in [3.8, 4) is 0 Å². The minimum absolute atomic E-state index is 0.214. The summed E-state index contributed by atoms with van der Waals surface area (Å²) in [5.74, 6) is 0. The molecule has 0 aliphatic heterocycles. The number of benzene rings is 1. The van der Waals surface area contributed by atoms with Crippen molar-refractivity contribution in [3.05, 3.63) is 22.7 Å². The fourth-order valence-electron chi connectivity index (χ4n) is 1.19. The fourth-order valence-corrected chi connectivity index (χ4v) is 3.26. The van der Waals surface area contributed by atoms with E-state index in [-0.39, 0.29) is 4.90 Å². The number of halogens is 1. The Balaban J connectivity index is 3.33. The summed E-state index contributed by atoms with van der Waals surface area (Å²) in [5, 5.41) is -0.408. The molecule has 0 spiro atoms. The smallest absolute Gasteiger partial charge is 0.183 e. The Labute approximate surface area is 98.7 Å². The van der Waals surface area contributed by atoms with E-state index in [0.29, 0.717) is 12.1 Å². The summed E-state index contributed by atoms with van der Waals surface area (Å²) in [4.78, 5) is 0.214. The molecule has 0 saturated heterocycles. The molecule has 0 aliphatic carbocycles. The van der Waals surface area contributed by atoms with E-state index in [2.05, 4.69) is 15.9 Å². The maximum atomic E-state index is 12.0. The molecule has 0 bridgehead atoms. The Bertz CT molecular complexity index is 456. The van der Waals surface area contributed by atoms with Crippen LogP contribution in [0.15, 0.2) is 27.6 Å². The lowest BCUT2D eigenvalue weighted by molar-refractivity contribution is 0.581. The average molecular weight is 292 g/mol. The molecule has 1 atom stereocenters. The van der Waals surface area contributed by atoms with Crippen LogP contribution in [0.4, 0.5) is 5.69 Å². The largest absolute Gasteiger partial charge is 0.398 e. The summed E-state index contributed by atoms with van der Waals surface area (Å²) in [5.41, 5.74) is 5.97.